The van der Waals surface area contributed by atoms with Crippen LogP contribution >= 0.6 is 0 Å². The Morgan fingerprint density at radius 1 is 1.28 bits per heavy atom. The van der Waals surface area contributed by atoms with Crippen molar-refractivity contribution < 1.29 is 14.6 Å². The van der Waals surface area contributed by atoms with Gasteiger partial charge in [0.05, 0.1) is 12.5 Å². The van der Waals surface area contributed by atoms with E-state index >= 15 is 0 Å². The standard InChI is InChI=1S/C20H30N2O3/c1-14-11-17(25-4)15(2)10-16(14)12-22-9-7-20(19(23)24)6-5-8-21(3)18(20)13-22/h10-11,18H,5-9,12-13H2,1-4H3,(H,23,24)/t18-,20+/m1/s1. The van der Waals surface area contributed by atoms with Crippen LogP contribution in [0.25, 0.3) is 0 Å². The van der Waals surface area contributed by atoms with Crippen molar-refractivity contribution in [2.45, 2.75) is 45.7 Å². The summed E-state index contributed by atoms with van der Waals surface area (Å²) in [5.74, 6) is 0.317. The summed E-state index contributed by atoms with van der Waals surface area (Å²) in [5.41, 5.74) is 3.12. The first-order valence-corrected chi connectivity index (χ1v) is 9.17. The molecule has 25 heavy (non-hydrogen) atoms. The van der Waals surface area contributed by atoms with Gasteiger partial charge in [-0.15, -0.1) is 0 Å². The number of fused-ring (bicyclic) bond motifs is 1. The monoisotopic (exact) mass is 346 g/mol. The van der Waals surface area contributed by atoms with Crippen molar-refractivity contribution in [3.63, 3.8) is 0 Å². The molecule has 0 aliphatic carbocycles. The van der Waals surface area contributed by atoms with E-state index in [-0.39, 0.29) is 6.04 Å². The van der Waals surface area contributed by atoms with E-state index in [0.717, 1.165) is 56.8 Å². The van der Waals surface area contributed by atoms with Crippen LogP contribution in [0, 0.1) is 19.3 Å². The fraction of sp³-hybridized carbons (Fsp3) is 0.650. The number of likely N-dealkylation sites (tertiary alicyclic amines) is 2. The third-order valence-electron chi connectivity index (χ3n) is 6.28. The summed E-state index contributed by atoms with van der Waals surface area (Å²) in [6, 6.07) is 4.41. The zero-order valence-corrected chi connectivity index (χ0v) is 15.8. The fourth-order valence-corrected chi connectivity index (χ4v) is 4.67. The lowest BCUT2D eigenvalue weighted by Gasteiger charge is -2.52. The first-order chi connectivity index (χ1) is 11.9. The van der Waals surface area contributed by atoms with Gasteiger partial charge in [-0.3, -0.25) is 9.69 Å². The summed E-state index contributed by atoms with van der Waals surface area (Å²) >= 11 is 0. The molecular weight excluding hydrogens is 316 g/mol. The number of methoxy groups -OCH3 is 1. The minimum Gasteiger partial charge on any atom is -0.496 e. The number of piperidine rings is 2. The molecule has 5 nitrogen and oxygen atoms in total. The number of aryl methyl sites for hydroxylation is 2. The highest BCUT2D eigenvalue weighted by atomic mass is 16.5. The number of carboxylic acids is 1. The summed E-state index contributed by atoms with van der Waals surface area (Å²) in [6.07, 6.45) is 2.54. The fourth-order valence-electron chi connectivity index (χ4n) is 4.67. The second-order valence-electron chi connectivity index (χ2n) is 7.79. The predicted octanol–water partition coefficient (Wildman–Crippen LogP) is 2.68. The molecule has 5 heteroatoms. The van der Waals surface area contributed by atoms with Crippen LogP contribution in [0.4, 0.5) is 0 Å². The molecule has 138 valence electrons. The molecule has 2 aliphatic rings. The number of likely N-dealkylation sites (N-methyl/N-ethyl adjacent to an activating group) is 1. The van der Waals surface area contributed by atoms with Gasteiger partial charge in [-0.2, -0.15) is 0 Å². The third kappa shape index (κ3) is 3.27. The van der Waals surface area contributed by atoms with Crippen molar-refractivity contribution in [3.05, 3.63) is 28.8 Å². The number of ether oxygens (including phenoxy) is 1. The number of nitrogens with zero attached hydrogens (tertiary/aromatic N) is 2. The highest BCUT2D eigenvalue weighted by Gasteiger charge is 2.52. The van der Waals surface area contributed by atoms with E-state index in [4.69, 9.17) is 4.74 Å². The van der Waals surface area contributed by atoms with E-state index in [2.05, 4.69) is 42.8 Å². The number of rotatable bonds is 4. The normalized spacial score (nSPS) is 27.8. The highest BCUT2D eigenvalue weighted by molar-refractivity contribution is 5.76. The van der Waals surface area contributed by atoms with Gasteiger partial charge in [-0.1, -0.05) is 6.07 Å². The van der Waals surface area contributed by atoms with Crippen LogP contribution in [0.5, 0.6) is 5.75 Å². The number of carbonyl (C=O) groups is 1. The lowest BCUT2D eigenvalue weighted by atomic mass is 9.68. The van der Waals surface area contributed by atoms with E-state index in [1.165, 1.54) is 11.1 Å². The predicted molar refractivity (Wildman–Crippen MR) is 98.1 cm³/mol. The van der Waals surface area contributed by atoms with Gasteiger partial charge in [0.2, 0.25) is 0 Å². The molecule has 0 unspecified atom stereocenters. The molecule has 1 aromatic carbocycles. The second kappa shape index (κ2) is 6.96. The summed E-state index contributed by atoms with van der Waals surface area (Å²) in [7, 11) is 3.78. The lowest BCUT2D eigenvalue weighted by molar-refractivity contribution is -0.162. The SMILES string of the molecule is COc1cc(C)c(CN2CC[C@@]3(C(=O)O)CCCN(C)[C@@H]3C2)cc1C. The Morgan fingerprint density at radius 3 is 2.72 bits per heavy atom. The molecule has 0 radical (unpaired) electrons. The van der Waals surface area contributed by atoms with Crippen molar-refractivity contribution >= 4 is 5.97 Å². The molecule has 0 amide bonds. The van der Waals surface area contributed by atoms with Gasteiger partial charge in [0, 0.05) is 19.1 Å². The molecule has 2 atom stereocenters. The molecule has 2 saturated heterocycles. The van der Waals surface area contributed by atoms with Crippen LogP contribution in [0.1, 0.15) is 36.0 Å². The maximum absolute atomic E-state index is 12.0. The Bertz CT molecular complexity index is 661. The zero-order valence-electron chi connectivity index (χ0n) is 15.8. The molecule has 0 spiro atoms. The third-order valence-corrected chi connectivity index (χ3v) is 6.28. The Kier molecular flexibility index (Phi) is 5.07. The Labute approximate surface area is 150 Å². The molecule has 2 heterocycles. The molecule has 1 N–H and O–H groups in total. The van der Waals surface area contributed by atoms with E-state index in [1.807, 2.05) is 0 Å². The van der Waals surface area contributed by atoms with E-state index in [9.17, 15) is 9.90 Å². The molecule has 0 bridgehead atoms. The Hall–Kier alpha value is -1.59. The van der Waals surface area contributed by atoms with Gasteiger partial charge < -0.3 is 14.7 Å². The number of aliphatic carboxylic acids is 1. The molecule has 0 saturated carbocycles. The van der Waals surface area contributed by atoms with Gasteiger partial charge >= 0.3 is 5.97 Å². The molecular formula is C20H30N2O3. The van der Waals surface area contributed by atoms with Gasteiger partial charge in [-0.25, -0.2) is 0 Å². The van der Waals surface area contributed by atoms with Gasteiger partial charge in [0.1, 0.15) is 5.75 Å². The summed E-state index contributed by atoms with van der Waals surface area (Å²) < 4.78 is 5.41. The minimum absolute atomic E-state index is 0.104. The molecule has 3 rings (SSSR count). The van der Waals surface area contributed by atoms with Crippen molar-refractivity contribution in [2.24, 2.45) is 5.41 Å². The zero-order chi connectivity index (χ0) is 18.2. The smallest absolute Gasteiger partial charge is 0.311 e. The van der Waals surface area contributed by atoms with Crippen LogP contribution < -0.4 is 4.74 Å². The maximum Gasteiger partial charge on any atom is 0.311 e. The number of carboxylic acid groups (broad SMARTS) is 1. The average Bonchev–Trinajstić information content (AvgIpc) is 2.58. The molecule has 1 aromatic rings. The van der Waals surface area contributed by atoms with Crippen molar-refractivity contribution in [2.75, 3.05) is 33.8 Å². The van der Waals surface area contributed by atoms with Crippen LogP contribution in [0.15, 0.2) is 12.1 Å². The minimum atomic E-state index is -0.611. The Balaban J connectivity index is 1.78. The van der Waals surface area contributed by atoms with Crippen LogP contribution in [-0.2, 0) is 11.3 Å². The van der Waals surface area contributed by atoms with Crippen molar-refractivity contribution in [1.82, 2.24) is 9.80 Å². The molecule has 2 aliphatic heterocycles. The Morgan fingerprint density at radius 2 is 2.04 bits per heavy atom. The lowest BCUT2D eigenvalue weighted by Crippen LogP contribution is -2.62. The molecule has 2 fully saturated rings. The van der Waals surface area contributed by atoms with E-state index < -0.39 is 11.4 Å². The highest BCUT2D eigenvalue weighted by Crippen LogP contribution is 2.42. The summed E-state index contributed by atoms with van der Waals surface area (Å²) in [4.78, 5) is 16.7. The van der Waals surface area contributed by atoms with E-state index in [0.29, 0.717) is 0 Å². The average molecular weight is 346 g/mol. The largest absolute Gasteiger partial charge is 0.496 e. The van der Waals surface area contributed by atoms with Crippen molar-refractivity contribution in [3.8, 4) is 5.75 Å². The van der Waals surface area contributed by atoms with Crippen LogP contribution in [-0.4, -0.2) is 60.7 Å². The van der Waals surface area contributed by atoms with Crippen molar-refractivity contribution in [1.29, 1.82) is 0 Å². The number of hydrogen-bond acceptors (Lipinski definition) is 4. The van der Waals surface area contributed by atoms with Gasteiger partial charge in [0.15, 0.2) is 0 Å². The quantitative estimate of drug-likeness (QED) is 0.908. The topological polar surface area (TPSA) is 53.0 Å². The second-order valence-corrected chi connectivity index (χ2v) is 7.79. The van der Waals surface area contributed by atoms with Gasteiger partial charge in [-0.05, 0) is 76.0 Å². The summed E-state index contributed by atoms with van der Waals surface area (Å²) in [5, 5.41) is 9.90. The molecule has 0 aromatic heterocycles. The first kappa shape index (κ1) is 18.2. The van der Waals surface area contributed by atoms with E-state index in [1.54, 1.807) is 7.11 Å². The first-order valence-electron chi connectivity index (χ1n) is 9.17. The number of benzene rings is 1. The summed E-state index contributed by atoms with van der Waals surface area (Å²) in [6.45, 7) is 7.73. The van der Waals surface area contributed by atoms with Gasteiger partial charge in [0.25, 0.3) is 0 Å². The number of hydrogen-bond donors (Lipinski definition) is 1. The maximum atomic E-state index is 12.0. The van der Waals surface area contributed by atoms with Crippen LogP contribution in [0.3, 0.4) is 0 Å². The van der Waals surface area contributed by atoms with Crippen LogP contribution in [0.2, 0.25) is 0 Å².